The molecule has 4 heteroatoms. The highest BCUT2D eigenvalue weighted by Gasteiger charge is 2.21. The normalized spacial score (nSPS) is 12.5. The average molecular weight is 247 g/mol. The molecule has 0 spiro atoms. The summed E-state index contributed by atoms with van der Waals surface area (Å²) < 4.78 is 0. The third-order valence-electron chi connectivity index (χ3n) is 3.64. The largest absolute Gasteiger partial charge is 0.394 e. The van der Waals surface area contributed by atoms with Crippen molar-refractivity contribution in [2.24, 2.45) is 0 Å². The van der Waals surface area contributed by atoms with Gasteiger partial charge in [-0.3, -0.25) is 4.90 Å². The number of hydrogen-bond donors (Lipinski definition) is 2. The smallest absolute Gasteiger partial charge is 0.0931 e. The molecule has 1 aromatic heterocycles. The minimum atomic E-state index is -0.169. The van der Waals surface area contributed by atoms with Crippen LogP contribution in [-0.4, -0.2) is 45.7 Å². The van der Waals surface area contributed by atoms with Gasteiger partial charge in [0.25, 0.3) is 0 Å². The molecule has 98 valence electrons. The molecule has 0 fully saturated rings. The monoisotopic (exact) mass is 247 g/mol. The third-order valence-corrected chi connectivity index (χ3v) is 3.64. The van der Waals surface area contributed by atoms with Crippen LogP contribution in [0.2, 0.25) is 0 Å². The zero-order chi connectivity index (χ0) is 13.2. The molecule has 0 bridgehead atoms. The number of aromatic nitrogens is 2. The maximum atomic E-state index is 9.32. The van der Waals surface area contributed by atoms with Crippen molar-refractivity contribution in [2.45, 2.75) is 25.8 Å². The first-order chi connectivity index (χ1) is 8.53. The number of rotatable bonds is 5. The SMILES string of the molecule is CN(CCc1ccc2nc[nH]c2c1)C(C)(C)CO. The van der Waals surface area contributed by atoms with Gasteiger partial charge in [-0.1, -0.05) is 6.07 Å². The molecular formula is C14H21N3O. The Hall–Kier alpha value is -1.39. The van der Waals surface area contributed by atoms with Gasteiger partial charge in [0.2, 0.25) is 0 Å². The standard InChI is InChI=1S/C14H21N3O/c1-14(2,9-18)17(3)7-6-11-4-5-12-13(8-11)16-10-15-12/h4-5,8,10,18H,6-7,9H2,1-3H3,(H,15,16). The molecule has 0 unspecified atom stereocenters. The van der Waals surface area contributed by atoms with E-state index in [1.165, 1.54) is 5.56 Å². The van der Waals surface area contributed by atoms with E-state index in [1.54, 1.807) is 6.33 Å². The number of nitrogens with zero attached hydrogens (tertiary/aromatic N) is 2. The first-order valence-electron chi connectivity index (χ1n) is 6.27. The van der Waals surface area contributed by atoms with Gasteiger partial charge in [-0.05, 0) is 45.0 Å². The lowest BCUT2D eigenvalue weighted by molar-refractivity contribution is 0.0801. The summed E-state index contributed by atoms with van der Waals surface area (Å²) in [7, 11) is 2.05. The molecule has 0 atom stereocenters. The van der Waals surface area contributed by atoms with Crippen LogP contribution < -0.4 is 0 Å². The van der Waals surface area contributed by atoms with Gasteiger partial charge in [0.05, 0.1) is 24.0 Å². The average Bonchev–Trinajstić information content (AvgIpc) is 2.83. The highest BCUT2D eigenvalue weighted by atomic mass is 16.3. The number of aliphatic hydroxyl groups excluding tert-OH is 1. The lowest BCUT2D eigenvalue weighted by Crippen LogP contribution is -2.45. The van der Waals surface area contributed by atoms with Crippen LogP contribution in [0.5, 0.6) is 0 Å². The maximum absolute atomic E-state index is 9.32. The summed E-state index contributed by atoms with van der Waals surface area (Å²) in [5.41, 5.74) is 3.20. The van der Waals surface area contributed by atoms with Crippen molar-refractivity contribution in [3.8, 4) is 0 Å². The molecule has 0 aliphatic carbocycles. The Balaban J connectivity index is 2.01. The molecule has 2 rings (SSSR count). The number of imidazole rings is 1. The van der Waals surface area contributed by atoms with Crippen molar-refractivity contribution in [2.75, 3.05) is 20.2 Å². The van der Waals surface area contributed by atoms with Gasteiger partial charge in [0.1, 0.15) is 0 Å². The number of benzene rings is 1. The van der Waals surface area contributed by atoms with Crippen LogP contribution in [0.25, 0.3) is 11.0 Å². The molecule has 0 saturated carbocycles. The van der Waals surface area contributed by atoms with E-state index in [1.807, 2.05) is 27.0 Å². The lowest BCUT2D eigenvalue weighted by Gasteiger charge is -2.33. The zero-order valence-corrected chi connectivity index (χ0v) is 11.3. The number of hydrogen-bond acceptors (Lipinski definition) is 3. The molecule has 2 N–H and O–H groups in total. The van der Waals surface area contributed by atoms with Gasteiger partial charge in [-0.15, -0.1) is 0 Å². The molecule has 1 aromatic carbocycles. The van der Waals surface area contributed by atoms with E-state index in [0.717, 1.165) is 24.0 Å². The number of H-pyrrole nitrogens is 1. The summed E-state index contributed by atoms with van der Waals surface area (Å²) in [6, 6.07) is 6.30. The highest BCUT2D eigenvalue weighted by molar-refractivity contribution is 5.75. The molecule has 0 aliphatic rings. The molecule has 18 heavy (non-hydrogen) atoms. The molecule has 0 saturated heterocycles. The first-order valence-corrected chi connectivity index (χ1v) is 6.27. The second-order valence-corrected chi connectivity index (χ2v) is 5.40. The van der Waals surface area contributed by atoms with E-state index in [-0.39, 0.29) is 12.1 Å². The third kappa shape index (κ3) is 2.71. The predicted octanol–water partition coefficient (Wildman–Crippen LogP) is 1.81. The molecule has 4 nitrogen and oxygen atoms in total. The van der Waals surface area contributed by atoms with E-state index >= 15 is 0 Å². The molecule has 1 heterocycles. The number of fused-ring (bicyclic) bond motifs is 1. The zero-order valence-electron chi connectivity index (χ0n) is 11.3. The van der Waals surface area contributed by atoms with Crippen LogP contribution in [0, 0.1) is 0 Å². The summed E-state index contributed by atoms with van der Waals surface area (Å²) in [6.07, 6.45) is 2.68. The van der Waals surface area contributed by atoms with Crippen LogP contribution in [-0.2, 0) is 6.42 Å². The summed E-state index contributed by atoms with van der Waals surface area (Å²) >= 11 is 0. The van der Waals surface area contributed by atoms with Crippen LogP contribution in [0.1, 0.15) is 19.4 Å². The minimum Gasteiger partial charge on any atom is -0.394 e. The topological polar surface area (TPSA) is 52.2 Å². The fourth-order valence-corrected chi connectivity index (χ4v) is 1.86. The Morgan fingerprint density at radius 3 is 2.89 bits per heavy atom. The Morgan fingerprint density at radius 1 is 1.39 bits per heavy atom. The van der Waals surface area contributed by atoms with Crippen molar-refractivity contribution in [1.82, 2.24) is 14.9 Å². The van der Waals surface area contributed by atoms with Crippen molar-refractivity contribution < 1.29 is 5.11 Å². The molecular weight excluding hydrogens is 226 g/mol. The van der Waals surface area contributed by atoms with Gasteiger partial charge < -0.3 is 10.1 Å². The van der Waals surface area contributed by atoms with Crippen LogP contribution in [0.3, 0.4) is 0 Å². The minimum absolute atomic E-state index is 0.169. The number of likely N-dealkylation sites (N-methyl/N-ethyl adjacent to an activating group) is 1. The Bertz CT molecular complexity index is 518. The lowest BCUT2D eigenvalue weighted by atomic mass is 10.0. The number of aromatic amines is 1. The van der Waals surface area contributed by atoms with Gasteiger partial charge in [-0.2, -0.15) is 0 Å². The number of aliphatic hydroxyl groups is 1. The van der Waals surface area contributed by atoms with E-state index in [9.17, 15) is 5.11 Å². The molecule has 0 aliphatic heterocycles. The number of nitrogens with one attached hydrogen (secondary N) is 1. The van der Waals surface area contributed by atoms with E-state index in [2.05, 4.69) is 27.0 Å². The van der Waals surface area contributed by atoms with Crippen molar-refractivity contribution >= 4 is 11.0 Å². The van der Waals surface area contributed by atoms with E-state index < -0.39 is 0 Å². The van der Waals surface area contributed by atoms with Crippen LogP contribution in [0.15, 0.2) is 24.5 Å². The van der Waals surface area contributed by atoms with Gasteiger partial charge in [-0.25, -0.2) is 4.98 Å². The van der Waals surface area contributed by atoms with Crippen LogP contribution >= 0.6 is 0 Å². The second-order valence-electron chi connectivity index (χ2n) is 5.40. The fourth-order valence-electron chi connectivity index (χ4n) is 1.86. The summed E-state index contributed by atoms with van der Waals surface area (Å²) in [5.74, 6) is 0. The Morgan fingerprint density at radius 2 is 2.17 bits per heavy atom. The van der Waals surface area contributed by atoms with Crippen molar-refractivity contribution in [1.29, 1.82) is 0 Å². The first kappa shape index (κ1) is 13.1. The molecule has 2 aromatic rings. The predicted molar refractivity (Wildman–Crippen MR) is 73.6 cm³/mol. The van der Waals surface area contributed by atoms with Crippen molar-refractivity contribution in [3.63, 3.8) is 0 Å². The van der Waals surface area contributed by atoms with Gasteiger partial charge >= 0.3 is 0 Å². The maximum Gasteiger partial charge on any atom is 0.0931 e. The van der Waals surface area contributed by atoms with Crippen molar-refractivity contribution in [3.05, 3.63) is 30.1 Å². The Labute approximate surface area is 108 Å². The van der Waals surface area contributed by atoms with Crippen LogP contribution in [0.4, 0.5) is 0 Å². The molecule has 0 amide bonds. The van der Waals surface area contributed by atoms with E-state index in [4.69, 9.17) is 0 Å². The summed E-state index contributed by atoms with van der Waals surface area (Å²) in [4.78, 5) is 9.52. The fraction of sp³-hybridized carbons (Fsp3) is 0.500. The Kier molecular flexibility index (Phi) is 3.68. The highest BCUT2D eigenvalue weighted by Crippen LogP contribution is 2.15. The molecule has 0 radical (unpaired) electrons. The van der Waals surface area contributed by atoms with E-state index in [0.29, 0.717) is 0 Å². The summed E-state index contributed by atoms with van der Waals surface area (Å²) in [5, 5.41) is 9.32. The van der Waals surface area contributed by atoms with Gasteiger partial charge in [0.15, 0.2) is 0 Å². The summed E-state index contributed by atoms with van der Waals surface area (Å²) in [6.45, 7) is 5.19. The second kappa shape index (κ2) is 5.08. The quantitative estimate of drug-likeness (QED) is 0.847. The van der Waals surface area contributed by atoms with Gasteiger partial charge in [0, 0.05) is 12.1 Å².